The Bertz CT molecular complexity index is 968. The van der Waals surface area contributed by atoms with Crippen molar-refractivity contribution < 1.29 is 33.4 Å². The first-order valence-electron chi connectivity index (χ1n) is 10.7. The minimum absolute atomic E-state index is 0.00351. The van der Waals surface area contributed by atoms with E-state index in [0.717, 1.165) is 6.07 Å². The van der Waals surface area contributed by atoms with Crippen LogP contribution >= 0.6 is 0 Å². The van der Waals surface area contributed by atoms with E-state index < -0.39 is 41.3 Å². The number of carbonyl (C=O) groups is 4. The van der Waals surface area contributed by atoms with E-state index in [1.807, 2.05) is 0 Å². The minimum atomic E-state index is -1.04. The molecule has 1 saturated heterocycles. The van der Waals surface area contributed by atoms with E-state index in [1.54, 1.807) is 31.7 Å². The topological polar surface area (TPSA) is 133 Å². The molecule has 10 nitrogen and oxygen atoms in total. The first-order chi connectivity index (χ1) is 15.4. The van der Waals surface area contributed by atoms with Crippen LogP contribution in [0.3, 0.4) is 0 Å². The third kappa shape index (κ3) is 5.52. The van der Waals surface area contributed by atoms with Crippen LogP contribution < -0.4 is 10.6 Å². The highest BCUT2D eigenvalue weighted by atomic mass is 19.1. The number of hydrogen-bond acceptors (Lipinski definition) is 6. The van der Waals surface area contributed by atoms with Gasteiger partial charge in [-0.05, 0) is 44.9 Å². The van der Waals surface area contributed by atoms with Gasteiger partial charge in [-0.1, -0.05) is 0 Å². The van der Waals surface area contributed by atoms with Crippen molar-refractivity contribution in [1.82, 2.24) is 9.80 Å². The van der Waals surface area contributed by atoms with Gasteiger partial charge < -0.3 is 30.3 Å². The molecule has 1 aromatic carbocycles. The fourth-order valence-electron chi connectivity index (χ4n) is 4.08. The molecule has 0 aliphatic carbocycles. The minimum Gasteiger partial charge on any atom is -0.465 e. The van der Waals surface area contributed by atoms with Crippen molar-refractivity contribution >= 4 is 29.6 Å². The molecule has 0 radical (unpaired) electrons. The zero-order valence-electron chi connectivity index (χ0n) is 19.0. The number of nitrogens with zero attached hydrogens (tertiary/aromatic N) is 3. The van der Waals surface area contributed by atoms with Crippen LogP contribution in [0.1, 0.15) is 49.5 Å². The van der Waals surface area contributed by atoms with E-state index in [9.17, 15) is 23.6 Å². The lowest BCUT2D eigenvalue weighted by Crippen LogP contribution is -2.48. The zero-order valence-corrected chi connectivity index (χ0v) is 19.0. The number of halogens is 1. The molecule has 2 aliphatic heterocycles. The predicted octanol–water partition coefficient (Wildman–Crippen LogP) is 1.56. The molecule has 1 fully saturated rings. The number of nitrogens with two attached hydrogens (primary N) is 1. The van der Waals surface area contributed by atoms with Crippen molar-refractivity contribution in [2.75, 3.05) is 31.1 Å². The van der Waals surface area contributed by atoms with E-state index in [-0.39, 0.29) is 43.7 Å². The second-order valence-electron chi connectivity index (χ2n) is 9.19. The molecule has 0 aromatic heterocycles. The summed E-state index contributed by atoms with van der Waals surface area (Å²) in [5.74, 6) is -2.40. The number of benzene rings is 1. The molecular weight excluding hydrogens is 435 g/mol. The maximum atomic E-state index is 14.9. The number of hydrogen-bond donors (Lipinski definition) is 2. The summed E-state index contributed by atoms with van der Waals surface area (Å²) < 4.78 is 20.1. The lowest BCUT2D eigenvalue weighted by molar-refractivity contribution is -0.155. The van der Waals surface area contributed by atoms with Crippen LogP contribution in [0.2, 0.25) is 0 Å². The lowest BCUT2D eigenvalue weighted by Gasteiger charge is -2.34. The standard InChI is InChI=1S/C22H29FN4O6/c1-22(2,3)33-18(28)5-4-16(19(24)29)27-12-13-10-17(15(23)11-14(13)20(27)30)25-6-8-26(9-7-25)21(31)32/h10-11,16H,4-9,12H2,1-3H3,(H2,24,29)(H,31,32). The van der Waals surface area contributed by atoms with Gasteiger partial charge in [-0.3, -0.25) is 14.4 Å². The highest BCUT2D eigenvalue weighted by molar-refractivity contribution is 6.01. The summed E-state index contributed by atoms with van der Waals surface area (Å²) in [5, 5.41) is 9.09. The van der Waals surface area contributed by atoms with Crippen molar-refractivity contribution in [1.29, 1.82) is 0 Å². The average molecular weight is 464 g/mol. The van der Waals surface area contributed by atoms with Gasteiger partial charge >= 0.3 is 12.1 Å². The Hall–Kier alpha value is -3.37. The van der Waals surface area contributed by atoms with Crippen molar-refractivity contribution in [3.63, 3.8) is 0 Å². The molecule has 180 valence electrons. The van der Waals surface area contributed by atoms with Gasteiger partial charge in [0.05, 0.1) is 5.69 Å². The number of carbonyl (C=O) groups excluding carboxylic acids is 3. The van der Waals surface area contributed by atoms with Gasteiger partial charge in [0.2, 0.25) is 5.91 Å². The smallest absolute Gasteiger partial charge is 0.407 e. The van der Waals surface area contributed by atoms with Gasteiger partial charge in [0.25, 0.3) is 5.91 Å². The predicted molar refractivity (Wildman–Crippen MR) is 116 cm³/mol. The summed E-state index contributed by atoms with van der Waals surface area (Å²) in [7, 11) is 0. The van der Waals surface area contributed by atoms with E-state index in [4.69, 9.17) is 15.6 Å². The number of anilines is 1. The molecule has 33 heavy (non-hydrogen) atoms. The average Bonchev–Trinajstić information content (AvgIpc) is 3.01. The quantitative estimate of drug-likeness (QED) is 0.610. The van der Waals surface area contributed by atoms with Gasteiger partial charge in [0, 0.05) is 44.7 Å². The SMILES string of the molecule is CC(C)(C)OC(=O)CCC(C(N)=O)N1Cc2cc(N3CCN(C(=O)O)CC3)c(F)cc2C1=O. The monoisotopic (exact) mass is 464 g/mol. The van der Waals surface area contributed by atoms with Crippen LogP contribution in [0.5, 0.6) is 0 Å². The van der Waals surface area contributed by atoms with Crippen LogP contribution in [0.25, 0.3) is 0 Å². The van der Waals surface area contributed by atoms with Crippen LogP contribution in [0, 0.1) is 5.82 Å². The molecule has 1 aromatic rings. The number of rotatable bonds is 6. The maximum Gasteiger partial charge on any atom is 0.407 e. The third-order valence-electron chi connectivity index (χ3n) is 5.64. The highest BCUT2D eigenvalue weighted by Crippen LogP contribution is 2.32. The second kappa shape index (κ2) is 9.24. The molecule has 2 aliphatic rings. The summed E-state index contributed by atoms with van der Waals surface area (Å²) >= 11 is 0. The second-order valence-corrected chi connectivity index (χ2v) is 9.19. The van der Waals surface area contributed by atoms with Crippen molar-refractivity contribution in [2.45, 2.75) is 51.8 Å². The molecule has 11 heteroatoms. The highest BCUT2D eigenvalue weighted by Gasteiger charge is 2.37. The first kappa shape index (κ1) is 24.3. The normalized spacial score (nSPS) is 17.1. The number of ether oxygens (including phenoxy) is 1. The van der Waals surface area contributed by atoms with Gasteiger partial charge in [-0.15, -0.1) is 0 Å². The largest absolute Gasteiger partial charge is 0.465 e. The molecule has 0 bridgehead atoms. The van der Waals surface area contributed by atoms with Crippen molar-refractivity contribution in [3.8, 4) is 0 Å². The molecular formula is C22H29FN4O6. The fraction of sp³-hybridized carbons (Fsp3) is 0.545. The Labute approximate surface area is 191 Å². The molecule has 1 unspecified atom stereocenters. The Morgan fingerprint density at radius 1 is 1.18 bits per heavy atom. The molecule has 0 saturated carbocycles. The molecule has 3 rings (SSSR count). The van der Waals surface area contributed by atoms with Crippen molar-refractivity contribution in [2.24, 2.45) is 5.73 Å². The Morgan fingerprint density at radius 2 is 1.82 bits per heavy atom. The van der Waals surface area contributed by atoms with Gasteiger partial charge in [-0.25, -0.2) is 9.18 Å². The number of esters is 1. The first-order valence-corrected chi connectivity index (χ1v) is 10.7. The third-order valence-corrected chi connectivity index (χ3v) is 5.64. The zero-order chi connectivity index (χ0) is 24.5. The number of carboxylic acid groups (broad SMARTS) is 1. The van der Waals surface area contributed by atoms with Crippen LogP contribution in [-0.4, -0.2) is 76.6 Å². The van der Waals surface area contributed by atoms with E-state index in [2.05, 4.69) is 0 Å². The van der Waals surface area contributed by atoms with E-state index in [1.165, 1.54) is 9.80 Å². The molecule has 3 amide bonds. The van der Waals surface area contributed by atoms with Crippen LogP contribution in [0.15, 0.2) is 12.1 Å². The van der Waals surface area contributed by atoms with Gasteiger partial charge in [-0.2, -0.15) is 0 Å². The molecule has 0 spiro atoms. The summed E-state index contributed by atoms with van der Waals surface area (Å²) in [6.07, 6.45) is -1.12. The van der Waals surface area contributed by atoms with E-state index in [0.29, 0.717) is 18.7 Å². The molecule has 2 heterocycles. The Morgan fingerprint density at radius 3 is 2.36 bits per heavy atom. The van der Waals surface area contributed by atoms with Gasteiger partial charge in [0.15, 0.2) is 0 Å². The lowest BCUT2D eigenvalue weighted by atomic mass is 10.1. The maximum absolute atomic E-state index is 14.9. The van der Waals surface area contributed by atoms with Crippen molar-refractivity contribution in [3.05, 3.63) is 29.1 Å². The number of primary amides is 1. The summed E-state index contributed by atoms with van der Waals surface area (Å²) in [6, 6.07) is 1.66. The Kier molecular flexibility index (Phi) is 6.80. The van der Waals surface area contributed by atoms with Crippen LogP contribution in [-0.2, 0) is 20.9 Å². The van der Waals surface area contributed by atoms with E-state index >= 15 is 0 Å². The summed E-state index contributed by atoms with van der Waals surface area (Å²) in [4.78, 5) is 52.4. The number of piperazine rings is 1. The van der Waals surface area contributed by atoms with Crippen LogP contribution in [0.4, 0.5) is 14.9 Å². The summed E-state index contributed by atoms with van der Waals surface area (Å²) in [5.41, 5.74) is 5.80. The fourth-order valence-corrected chi connectivity index (χ4v) is 4.08. The summed E-state index contributed by atoms with van der Waals surface area (Å²) in [6.45, 7) is 6.36. The van der Waals surface area contributed by atoms with Gasteiger partial charge in [0.1, 0.15) is 17.5 Å². The Balaban J connectivity index is 1.74. The number of fused-ring (bicyclic) bond motifs is 1. The molecule has 3 N–H and O–H groups in total. The molecule has 1 atom stereocenters. The number of amides is 3.